The van der Waals surface area contributed by atoms with E-state index >= 15 is 0 Å². The summed E-state index contributed by atoms with van der Waals surface area (Å²) >= 11 is 0. The second-order valence-corrected chi connectivity index (χ2v) is 12.2. The van der Waals surface area contributed by atoms with Gasteiger partial charge in [0.05, 0.1) is 5.69 Å². The molecule has 3 aromatic rings. The first kappa shape index (κ1) is 24.1. The molecule has 0 spiro atoms. The van der Waals surface area contributed by atoms with Gasteiger partial charge in [-0.05, 0) is 123 Å². The molecule has 2 aromatic carbocycles. The number of barbiturate groups is 1. The highest BCUT2D eigenvalue weighted by Gasteiger charge is 2.51. The highest BCUT2D eigenvalue weighted by molar-refractivity contribution is 6.39. The predicted octanol–water partition coefficient (Wildman–Crippen LogP) is 6.23. The van der Waals surface area contributed by atoms with Crippen molar-refractivity contribution in [1.29, 1.82) is 0 Å². The fourth-order valence-electron chi connectivity index (χ4n) is 8.38. The maximum atomic E-state index is 13.6. The van der Waals surface area contributed by atoms with Gasteiger partial charge in [-0.3, -0.25) is 14.9 Å². The number of rotatable bonds is 4. The number of carbonyl (C=O) groups is 3. The van der Waals surface area contributed by atoms with E-state index in [0.717, 1.165) is 45.3 Å². The zero-order valence-corrected chi connectivity index (χ0v) is 22.4. The first-order valence-corrected chi connectivity index (χ1v) is 14.1. The molecule has 0 radical (unpaired) electrons. The highest BCUT2D eigenvalue weighted by atomic mass is 16.2. The van der Waals surface area contributed by atoms with Gasteiger partial charge in [-0.1, -0.05) is 30.3 Å². The first-order valence-electron chi connectivity index (χ1n) is 14.1. The topological polar surface area (TPSA) is 71.4 Å². The summed E-state index contributed by atoms with van der Waals surface area (Å²) < 4.78 is 2.09. The smallest absolute Gasteiger partial charge is 0.318 e. The number of para-hydroxylation sites is 1. The van der Waals surface area contributed by atoms with Crippen LogP contribution in [0.15, 0.2) is 66.2 Å². The van der Waals surface area contributed by atoms with Crippen LogP contribution in [0.1, 0.15) is 61.0 Å². The number of nitrogens with zero attached hydrogens (tertiary/aromatic N) is 2. The van der Waals surface area contributed by atoms with Crippen LogP contribution in [-0.4, -0.2) is 22.4 Å². The number of imide groups is 2. The van der Waals surface area contributed by atoms with Crippen molar-refractivity contribution in [2.75, 3.05) is 4.90 Å². The van der Waals surface area contributed by atoms with Crippen LogP contribution in [0.5, 0.6) is 0 Å². The SMILES string of the molecule is Cc1cc(/C=C2\C(=O)NC(=O)N(c3ccc(C45CC6CC(CC(C6)C4)C5)cc3)C2=O)c(C)n1-c1ccccc1. The average Bonchev–Trinajstić information content (AvgIpc) is 3.19. The number of anilines is 1. The molecular formula is C33H33N3O3. The van der Waals surface area contributed by atoms with E-state index in [1.807, 2.05) is 62.4 Å². The van der Waals surface area contributed by atoms with Crippen molar-refractivity contribution >= 4 is 29.6 Å². The van der Waals surface area contributed by atoms with Gasteiger partial charge >= 0.3 is 6.03 Å². The van der Waals surface area contributed by atoms with Crippen molar-refractivity contribution in [1.82, 2.24) is 9.88 Å². The third-order valence-corrected chi connectivity index (χ3v) is 9.66. The Kier molecular flexibility index (Phi) is 5.45. The summed E-state index contributed by atoms with van der Waals surface area (Å²) in [6.07, 6.45) is 9.52. The van der Waals surface area contributed by atoms with E-state index in [0.29, 0.717) is 5.69 Å². The van der Waals surface area contributed by atoms with Crippen LogP contribution in [0, 0.1) is 31.6 Å². The molecule has 4 bridgehead atoms. The van der Waals surface area contributed by atoms with Crippen molar-refractivity contribution in [2.45, 2.75) is 57.8 Å². The summed E-state index contributed by atoms with van der Waals surface area (Å²) in [4.78, 5) is 40.4. The Labute approximate surface area is 228 Å². The molecule has 1 aliphatic heterocycles. The summed E-state index contributed by atoms with van der Waals surface area (Å²) in [5.74, 6) is 1.25. The lowest BCUT2D eigenvalue weighted by atomic mass is 9.48. The van der Waals surface area contributed by atoms with Crippen LogP contribution in [0.2, 0.25) is 0 Å². The zero-order chi connectivity index (χ0) is 26.9. The van der Waals surface area contributed by atoms with Gasteiger partial charge in [-0.2, -0.15) is 0 Å². The molecule has 4 aliphatic carbocycles. The second-order valence-electron chi connectivity index (χ2n) is 12.2. The molecule has 4 saturated carbocycles. The predicted molar refractivity (Wildman–Crippen MR) is 151 cm³/mol. The van der Waals surface area contributed by atoms with E-state index < -0.39 is 17.8 Å². The molecule has 5 fully saturated rings. The van der Waals surface area contributed by atoms with E-state index in [1.165, 1.54) is 44.1 Å². The van der Waals surface area contributed by atoms with E-state index in [9.17, 15) is 14.4 Å². The average molecular weight is 520 g/mol. The molecule has 39 heavy (non-hydrogen) atoms. The Morgan fingerprint density at radius 3 is 2.05 bits per heavy atom. The number of aromatic nitrogens is 1. The minimum atomic E-state index is -0.709. The molecular weight excluding hydrogens is 486 g/mol. The lowest BCUT2D eigenvalue weighted by Gasteiger charge is -2.57. The third-order valence-electron chi connectivity index (χ3n) is 9.66. The number of urea groups is 1. The van der Waals surface area contributed by atoms with E-state index in [1.54, 1.807) is 6.08 Å². The van der Waals surface area contributed by atoms with Crippen molar-refractivity contribution < 1.29 is 14.4 Å². The Balaban J connectivity index is 1.19. The van der Waals surface area contributed by atoms with Crippen LogP contribution < -0.4 is 10.2 Å². The van der Waals surface area contributed by atoms with Crippen LogP contribution in [0.4, 0.5) is 10.5 Å². The van der Waals surface area contributed by atoms with Gasteiger partial charge < -0.3 is 4.57 Å². The summed E-state index contributed by atoms with van der Waals surface area (Å²) in [5, 5.41) is 2.38. The van der Waals surface area contributed by atoms with Crippen molar-refractivity contribution in [3.05, 3.63) is 88.8 Å². The first-order chi connectivity index (χ1) is 18.8. The standard InChI is InChI=1S/C33H33N3O3/c1-20-12-25(21(2)35(20)27-6-4-3-5-7-27)16-29-30(37)34-32(39)36(31(29)38)28-10-8-26(9-11-28)33-17-22-13-23(18-33)15-24(14-22)19-33/h3-12,16,22-24H,13-15,17-19H2,1-2H3,(H,34,37,39)/b29-16+. The molecule has 1 saturated heterocycles. The number of hydrogen-bond acceptors (Lipinski definition) is 3. The van der Waals surface area contributed by atoms with Crippen LogP contribution >= 0.6 is 0 Å². The number of benzene rings is 2. The van der Waals surface area contributed by atoms with Crippen molar-refractivity contribution in [3.8, 4) is 5.69 Å². The van der Waals surface area contributed by atoms with Gasteiger partial charge in [-0.25, -0.2) is 9.69 Å². The quantitative estimate of drug-likeness (QED) is 0.328. The van der Waals surface area contributed by atoms with Crippen LogP contribution in [0.3, 0.4) is 0 Å². The summed E-state index contributed by atoms with van der Waals surface area (Å²) in [5.41, 5.74) is 5.68. The molecule has 0 atom stereocenters. The lowest BCUT2D eigenvalue weighted by Crippen LogP contribution is -2.54. The van der Waals surface area contributed by atoms with Gasteiger partial charge in [0.15, 0.2) is 0 Å². The summed E-state index contributed by atoms with van der Waals surface area (Å²) in [7, 11) is 0. The normalized spacial score (nSPS) is 28.9. The Morgan fingerprint density at radius 2 is 1.44 bits per heavy atom. The molecule has 198 valence electrons. The summed E-state index contributed by atoms with van der Waals surface area (Å²) in [6.45, 7) is 3.95. The minimum absolute atomic E-state index is 0.0481. The maximum absolute atomic E-state index is 13.6. The molecule has 1 N–H and O–H groups in total. The number of carbonyl (C=O) groups excluding carboxylic acids is 3. The molecule has 6 nitrogen and oxygen atoms in total. The Morgan fingerprint density at radius 1 is 0.821 bits per heavy atom. The minimum Gasteiger partial charge on any atom is -0.318 e. The van der Waals surface area contributed by atoms with Crippen LogP contribution in [-0.2, 0) is 15.0 Å². The molecule has 5 aliphatic rings. The monoisotopic (exact) mass is 519 g/mol. The van der Waals surface area contributed by atoms with Gasteiger partial charge in [0.2, 0.25) is 0 Å². The fourth-order valence-corrected chi connectivity index (χ4v) is 8.38. The lowest BCUT2D eigenvalue weighted by molar-refractivity contribution is -0.122. The number of hydrogen-bond donors (Lipinski definition) is 1. The Hall–Kier alpha value is -3.93. The number of nitrogens with one attached hydrogen (secondary N) is 1. The molecule has 0 unspecified atom stereocenters. The van der Waals surface area contributed by atoms with E-state index in [-0.39, 0.29) is 11.0 Å². The molecule has 2 heterocycles. The highest BCUT2D eigenvalue weighted by Crippen LogP contribution is 2.60. The van der Waals surface area contributed by atoms with E-state index in [4.69, 9.17) is 0 Å². The third kappa shape index (κ3) is 3.88. The fraction of sp³-hybridized carbons (Fsp3) is 0.364. The summed E-state index contributed by atoms with van der Waals surface area (Å²) in [6, 6.07) is 19.2. The van der Waals surface area contributed by atoms with Crippen LogP contribution in [0.25, 0.3) is 11.8 Å². The van der Waals surface area contributed by atoms with Gasteiger partial charge in [0, 0.05) is 17.1 Å². The number of amides is 4. The second kappa shape index (κ2) is 8.80. The zero-order valence-electron chi connectivity index (χ0n) is 22.4. The molecule has 4 amide bonds. The maximum Gasteiger partial charge on any atom is 0.335 e. The van der Waals surface area contributed by atoms with E-state index in [2.05, 4.69) is 22.0 Å². The van der Waals surface area contributed by atoms with Crippen molar-refractivity contribution in [2.24, 2.45) is 17.8 Å². The largest absolute Gasteiger partial charge is 0.335 e. The molecule has 1 aromatic heterocycles. The number of aryl methyl sites for hydroxylation is 1. The Bertz CT molecular complexity index is 1490. The van der Waals surface area contributed by atoms with Crippen molar-refractivity contribution in [3.63, 3.8) is 0 Å². The van der Waals surface area contributed by atoms with Gasteiger partial charge in [0.1, 0.15) is 5.57 Å². The molecule has 8 rings (SSSR count). The molecule has 6 heteroatoms. The van der Waals surface area contributed by atoms with Gasteiger partial charge in [0.25, 0.3) is 11.8 Å². The van der Waals surface area contributed by atoms with Gasteiger partial charge in [-0.15, -0.1) is 0 Å².